The van der Waals surface area contributed by atoms with Gasteiger partial charge in [0.25, 0.3) is 0 Å². The van der Waals surface area contributed by atoms with Crippen LogP contribution in [0.15, 0.2) is 72.8 Å². The molecule has 6 nitrogen and oxygen atoms in total. The lowest BCUT2D eigenvalue weighted by Crippen LogP contribution is -2.09. The standard InChI is InChI=1S/C26H20F3NO5S/c1-33-19-8-4-16(5-9-19)24-25(17-2-6-18(7-3-17)26(27,28)29)36-22(30-24)14-34-20-10-12-21(13-11-20)35-15-23(31)32/h2-13H,14-15H2,1H3,(H,31,32). The van der Waals surface area contributed by atoms with Crippen molar-refractivity contribution in [1.82, 2.24) is 4.98 Å². The first kappa shape index (κ1) is 25.1. The largest absolute Gasteiger partial charge is 0.497 e. The Morgan fingerprint density at radius 1 is 0.861 bits per heavy atom. The minimum atomic E-state index is -4.42. The summed E-state index contributed by atoms with van der Waals surface area (Å²) in [5.41, 5.74) is 1.30. The van der Waals surface area contributed by atoms with E-state index in [1.54, 1.807) is 43.5 Å². The molecule has 0 fully saturated rings. The number of rotatable bonds is 9. The van der Waals surface area contributed by atoms with Crippen molar-refractivity contribution in [3.63, 3.8) is 0 Å². The monoisotopic (exact) mass is 515 g/mol. The van der Waals surface area contributed by atoms with E-state index in [0.29, 0.717) is 38.4 Å². The van der Waals surface area contributed by atoms with Crippen LogP contribution in [0, 0.1) is 0 Å². The van der Waals surface area contributed by atoms with E-state index in [2.05, 4.69) is 0 Å². The van der Waals surface area contributed by atoms with Gasteiger partial charge in [0, 0.05) is 5.56 Å². The Morgan fingerprint density at radius 2 is 1.42 bits per heavy atom. The summed E-state index contributed by atoms with van der Waals surface area (Å²) in [7, 11) is 1.56. The third kappa shape index (κ3) is 6.14. The van der Waals surface area contributed by atoms with E-state index >= 15 is 0 Å². The van der Waals surface area contributed by atoms with Crippen LogP contribution in [0.1, 0.15) is 10.6 Å². The number of hydrogen-bond donors (Lipinski definition) is 1. The number of halogens is 3. The van der Waals surface area contributed by atoms with Crippen molar-refractivity contribution in [2.24, 2.45) is 0 Å². The van der Waals surface area contributed by atoms with Gasteiger partial charge in [0.15, 0.2) is 6.61 Å². The molecule has 3 aromatic carbocycles. The summed E-state index contributed by atoms with van der Waals surface area (Å²) >= 11 is 1.33. The van der Waals surface area contributed by atoms with Crippen molar-refractivity contribution in [1.29, 1.82) is 0 Å². The Morgan fingerprint density at radius 3 is 1.97 bits per heavy atom. The molecule has 0 unspecified atom stereocenters. The van der Waals surface area contributed by atoms with E-state index in [1.165, 1.54) is 23.5 Å². The van der Waals surface area contributed by atoms with Crippen molar-refractivity contribution in [3.05, 3.63) is 83.4 Å². The quantitative estimate of drug-likeness (QED) is 0.273. The molecule has 0 radical (unpaired) electrons. The van der Waals surface area contributed by atoms with Gasteiger partial charge in [-0.3, -0.25) is 0 Å². The summed E-state index contributed by atoms with van der Waals surface area (Å²) in [6, 6.07) is 18.7. The average Bonchev–Trinajstić information content (AvgIpc) is 3.31. The fraction of sp³-hybridized carbons (Fsp3) is 0.154. The van der Waals surface area contributed by atoms with Crippen LogP contribution in [-0.4, -0.2) is 29.8 Å². The zero-order valence-electron chi connectivity index (χ0n) is 18.9. The summed E-state index contributed by atoms with van der Waals surface area (Å²) in [5.74, 6) is 0.514. The van der Waals surface area contributed by atoms with Crippen LogP contribution in [0.4, 0.5) is 13.2 Å². The van der Waals surface area contributed by atoms with Crippen LogP contribution in [-0.2, 0) is 17.6 Å². The van der Waals surface area contributed by atoms with Crippen molar-refractivity contribution in [2.45, 2.75) is 12.8 Å². The van der Waals surface area contributed by atoms with Gasteiger partial charge in [-0.2, -0.15) is 13.2 Å². The molecule has 0 saturated carbocycles. The number of carboxylic acids is 1. The molecular weight excluding hydrogens is 495 g/mol. The Bertz CT molecular complexity index is 1320. The van der Waals surface area contributed by atoms with Crippen molar-refractivity contribution >= 4 is 17.3 Å². The van der Waals surface area contributed by atoms with Crippen LogP contribution in [0.2, 0.25) is 0 Å². The average molecular weight is 516 g/mol. The van der Waals surface area contributed by atoms with Gasteiger partial charge in [0.1, 0.15) is 28.9 Å². The number of hydrogen-bond acceptors (Lipinski definition) is 6. The van der Waals surface area contributed by atoms with E-state index in [-0.39, 0.29) is 6.61 Å². The number of alkyl halides is 3. The molecule has 186 valence electrons. The molecule has 1 aromatic heterocycles. The third-order valence-electron chi connectivity index (χ3n) is 5.06. The number of methoxy groups -OCH3 is 1. The van der Waals surface area contributed by atoms with Crippen molar-refractivity contribution in [2.75, 3.05) is 13.7 Å². The maximum absolute atomic E-state index is 13.0. The molecule has 0 amide bonds. The molecule has 4 aromatic rings. The predicted octanol–water partition coefficient (Wildman–Crippen LogP) is 6.55. The molecule has 1 N–H and O–H groups in total. The van der Waals surface area contributed by atoms with Gasteiger partial charge in [0.05, 0.1) is 23.2 Å². The van der Waals surface area contributed by atoms with Gasteiger partial charge >= 0.3 is 12.1 Å². The second-order valence-corrected chi connectivity index (χ2v) is 8.62. The number of benzene rings is 3. The normalized spacial score (nSPS) is 11.2. The van der Waals surface area contributed by atoms with Gasteiger partial charge < -0.3 is 19.3 Å². The Hall–Kier alpha value is -4.05. The Balaban J connectivity index is 1.58. The van der Waals surface area contributed by atoms with Crippen LogP contribution >= 0.6 is 11.3 Å². The van der Waals surface area contributed by atoms with Crippen molar-refractivity contribution < 1.29 is 37.3 Å². The third-order valence-corrected chi connectivity index (χ3v) is 6.14. The molecule has 0 atom stereocenters. The first-order valence-corrected chi connectivity index (χ1v) is 11.4. The zero-order chi connectivity index (χ0) is 25.7. The van der Waals surface area contributed by atoms with Gasteiger partial charge in [-0.15, -0.1) is 11.3 Å². The Kier molecular flexibility index (Phi) is 7.44. The van der Waals surface area contributed by atoms with Gasteiger partial charge in [0.2, 0.25) is 0 Å². The maximum Gasteiger partial charge on any atom is 0.416 e. The number of thiazole rings is 1. The smallest absolute Gasteiger partial charge is 0.416 e. The summed E-state index contributed by atoms with van der Waals surface area (Å²) in [5, 5.41) is 9.32. The molecule has 0 aliphatic carbocycles. The lowest BCUT2D eigenvalue weighted by atomic mass is 10.1. The zero-order valence-corrected chi connectivity index (χ0v) is 19.7. The number of aliphatic carboxylic acids is 1. The lowest BCUT2D eigenvalue weighted by molar-refractivity contribution is -0.139. The molecular formula is C26H20F3NO5S. The highest BCUT2D eigenvalue weighted by Crippen LogP contribution is 2.39. The molecule has 10 heteroatoms. The summed E-state index contributed by atoms with van der Waals surface area (Å²) in [6.45, 7) is -0.316. The first-order valence-electron chi connectivity index (χ1n) is 10.6. The molecule has 1 heterocycles. The van der Waals surface area contributed by atoms with E-state index in [0.717, 1.165) is 17.7 Å². The summed E-state index contributed by atoms with van der Waals surface area (Å²) < 4.78 is 55.2. The van der Waals surface area contributed by atoms with Crippen LogP contribution < -0.4 is 14.2 Å². The fourth-order valence-corrected chi connectivity index (χ4v) is 4.30. The van der Waals surface area contributed by atoms with Gasteiger partial charge in [-0.1, -0.05) is 12.1 Å². The maximum atomic E-state index is 13.0. The lowest BCUT2D eigenvalue weighted by Gasteiger charge is -2.08. The van der Waals surface area contributed by atoms with E-state index in [4.69, 9.17) is 24.3 Å². The second-order valence-electron chi connectivity index (χ2n) is 7.53. The molecule has 36 heavy (non-hydrogen) atoms. The van der Waals surface area contributed by atoms with E-state index in [1.807, 2.05) is 12.1 Å². The SMILES string of the molecule is COc1ccc(-c2nc(COc3ccc(OCC(=O)O)cc3)sc2-c2ccc(C(F)(F)F)cc2)cc1. The van der Waals surface area contributed by atoms with Gasteiger partial charge in [-0.05, 0) is 66.2 Å². The van der Waals surface area contributed by atoms with Crippen LogP contribution in [0.3, 0.4) is 0 Å². The van der Waals surface area contributed by atoms with Crippen molar-refractivity contribution in [3.8, 4) is 38.9 Å². The summed E-state index contributed by atoms with van der Waals surface area (Å²) in [6.07, 6.45) is -4.42. The van der Waals surface area contributed by atoms with E-state index < -0.39 is 24.3 Å². The van der Waals surface area contributed by atoms with Crippen LogP contribution in [0.5, 0.6) is 17.2 Å². The molecule has 0 aliphatic rings. The molecule has 0 spiro atoms. The Labute approximate surface area is 208 Å². The fourth-order valence-electron chi connectivity index (χ4n) is 3.30. The number of aromatic nitrogens is 1. The highest BCUT2D eigenvalue weighted by atomic mass is 32.1. The van der Waals surface area contributed by atoms with Crippen LogP contribution in [0.25, 0.3) is 21.7 Å². The highest BCUT2D eigenvalue weighted by molar-refractivity contribution is 7.15. The topological polar surface area (TPSA) is 77.9 Å². The van der Waals surface area contributed by atoms with E-state index in [9.17, 15) is 18.0 Å². The molecule has 4 rings (SSSR count). The minimum absolute atomic E-state index is 0.129. The predicted molar refractivity (Wildman–Crippen MR) is 128 cm³/mol. The number of ether oxygens (including phenoxy) is 3. The van der Waals surface area contributed by atoms with Gasteiger partial charge in [-0.25, -0.2) is 9.78 Å². The highest BCUT2D eigenvalue weighted by Gasteiger charge is 2.30. The minimum Gasteiger partial charge on any atom is -0.497 e. The summed E-state index contributed by atoms with van der Waals surface area (Å²) in [4.78, 5) is 16.0. The first-order chi connectivity index (χ1) is 17.2. The molecule has 0 aliphatic heterocycles. The number of nitrogens with zero attached hydrogens (tertiary/aromatic N) is 1. The molecule has 0 saturated heterocycles. The number of carbonyl (C=O) groups is 1. The number of carboxylic acid groups (broad SMARTS) is 1. The second kappa shape index (κ2) is 10.7. The molecule has 0 bridgehead atoms.